The molecule has 0 atom stereocenters. The van der Waals surface area contributed by atoms with Crippen LogP contribution in [0.4, 0.5) is 17.1 Å². The number of nitrogens with zero attached hydrogens (tertiary/aromatic N) is 1. The fourth-order valence-electron chi connectivity index (χ4n) is 8.79. The average molecular weight is 715 g/mol. The van der Waals surface area contributed by atoms with Gasteiger partial charge in [-0.25, -0.2) is 0 Å². The fraction of sp³-hybridized carbons (Fsp3) is 0. The predicted octanol–water partition coefficient (Wildman–Crippen LogP) is 2.70. The van der Waals surface area contributed by atoms with Gasteiger partial charge in [-0.1, -0.05) is 130 Å². The lowest BCUT2D eigenvalue weighted by Gasteiger charge is -2.26. The van der Waals surface area contributed by atoms with Crippen molar-refractivity contribution in [2.45, 2.75) is 0 Å². The largest absolute Gasteiger partial charge is 0.505 e. The summed E-state index contributed by atoms with van der Waals surface area (Å²) in [6.45, 7) is 0. The van der Waals surface area contributed by atoms with Gasteiger partial charge in [0.1, 0.15) is 58.2 Å². The van der Waals surface area contributed by atoms with Gasteiger partial charge in [0.15, 0.2) is 16.9 Å². The Labute approximate surface area is 330 Å². The van der Waals surface area contributed by atoms with E-state index in [-0.39, 0.29) is 5.75 Å². The summed E-state index contributed by atoms with van der Waals surface area (Å²) in [7, 11) is 12.7. The summed E-state index contributed by atoms with van der Waals surface area (Å²) in [5, 5.41) is 17.8. The Morgan fingerprint density at radius 3 is 1.71 bits per heavy atom. The van der Waals surface area contributed by atoms with Crippen LogP contribution in [0.25, 0.3) is 76.9 Å². The van der Waals surface area contributed by atoms with E-state index in [4.69, 9.17) is 8.83 Å². The number of phenols is 1. The molecule has 2 aromatic heterocycles. The van der Waals surface area contributed by atoms with E-state index in [0.717, 1.165) is 105 Å². The van der Waals surface area contributed by atoms with Crippen LogP contribution in [0.5, 0.6) is 5.75 Å². The van der Waals surface area contributed by atoms with Crippen LogP contribution >= 0.6 is 0 Å². The summed E-state index contributed by atoms with van der Waals surface area (Å²) in [5.41, 5.74) is 17.2. The van der Waals surface area contributed by atoms with E-state index in [1.54, 1.807) is 0 Å². The highest BCUT2D eigenvalue weighted by atomic mass is 16.4. The van der Waals surface area contributed by atoms with Gasteiger partial charge in [-0.3, -0.25) is 0 Å². The summed E-state index contributed by atoms with van der Waals surface area (Å²) in [4.78, 5) is 2.30. The Balaban J connectivity index is 1.19. The maximum absolute atomic E-state index is 11.3. The summed E-state index contributed by atoms with van der Waals surface area (Å²) in [6.07, 6.45) is 0. The van der Waals surface area contributed by atoms with Crippen molar-refractivity contribution in [2.75, 3.05) is 4.90 Å². The molecule has 56 heavy (non-hydrogen) atoms. The topological polar surface area (TPSA) is 49.8 Å². The summed E-state index contributed by atoms with van der Waals surface area (Å²) < 4.78 is 13.5. The van der Waals surface area contributed by atoms with E-state index >= 15 is 0 Å². The van der Waals surface area contributed by atoms with Crippen LogP contribution in [0, 0.1) is 0 Å². The number of furan rings is 2. The van der Waals surface area contributed by atoms with Gasteiger partial charge in [0.25, 0.3) is 0 Å². The van der Waals surface area contributed by atoms with Crippen molar-refractivity contribution in [1.82, 2.24) is 0 Å². The SMILES string of the molecule is Bc1c(B)c(-c2ccc(N(c3ccc(-c4ccccc4)cc3)c3cccc4c3oc3c5ccccc5ccc43)cc2)c2c(oc3c(O)c(B)c(B)c(B)c32)c1B. The maximum Gasteiger partial charge on any atom is 0.175 e. The number of anilines is 3. The van der Waals surface area contributed by atoms with Crippen LogP contribution < -0.4 is 37.7 Å². The number of para-hydroxylation sites is 1. The number of rotatable bonds is 5. The molecule has 0 unspecified atom stereocenters. The Bertz CT molecular complexity index is 3210. The Morgan fingerprint density at radius 1 is 0.393 bits per heavy atom. The summed E-state index contributed by atoms with van der Waals surface area (Å²) in [6, 6.07) is 47.3. The van der Waals surface area contributed by atoms with Gasteiger partial charge in [0, 0.05) is 38.3 Å². The molecule has 260 valence electrons. The first-order chi connectivity index (χ1) is 27.2. The summed E-state index contributed by atoms with van der Waals surface area (Å²) in [5.74, 6) is 0.219. The van der Waals surface area contributed by atoms with Crippen molar-refractivity contribution in [1.29, 1.82) is 0 Å². The molecule has 10 aromatic rings. The monoisotopic (exact) mass is 715 g/mol. The van der Waals surface area contributed by atoms with Crippen LogP contribution in [0.3, 0.4) is 0 Å². The minimum Gasteiger partial charge on any atom is -0.505 e. The van der Waals surface area contributed by atoms with Gasteiger partial charge >= 0.3 is 0 Å². The summed E-state index contributed by atoms with van der Waals surface area (Å²) >= 11 is 0. The normalized spacial score (nSPS) is 11.7. The van der Waals surface area contributed by atoms with E-state index in [2.05, 4.69) is 172 Å². The van der Waals surface area contributed by atoms with E-state index in [1.165, 1.54) is 16.5 Å². The lowest BCUT2D eigenvalue weighted by atomic mass is 9.66. The third kappa shape index (κ3) is 5.02. The number of hydrogen-bond donors (Lipinski definition) is 1. The Kier molecular flexibility index (Phi) is 7.83. The predicted molar refractivity (Wildman–Crippen MR) is 255 cm³/mol. The van der Waals surface area contributed by atoms with Gasteiger partial charge in [0.2, 0.25) is 0 Å². The number of hydrogen-bond acceptors (Lipinski definition) is 4. The van der Waals surface area contributed by atoms with E-state index in [0.29, 0.717) is 5.58 Å². The van der Waals surface area contributed by atoms with Gasteiger partial charge in [0.05, 0.1) is 5.69 Å². The van der Waals surface area contributed by atoms with E-state index in [9.17, 15) is 5.11 Å². The Hall–Kier alpha value is -6.39. The van der Waals surface area contributed by atoms with Crippen LogP contribution in [0.1, 0.15) is 0 Å². The van der Waals surface area contributed by atoms with Gasteiger partial charge in [-0.05, 0) is 64.0 Å². The molecule has 0 saturated heterocycles. The zero-order valence-electron chi connectivity index (χ0n) is 32.4. The molecule has 0 amide bonds. The molecule has 0 bridgehead atoms. The molecule has 0 aliphatic carbocycles. The number of benzene rings is 8. The highest BCUT2D eigenvalue weighted by Gasteiger charge is 2.25. The third-order valence-corrected chi connectivity index (χ3v) is 12.3. The van der Waals surface area contributed by atoms with Crippen molar-refractivity contribution in [3.05, 3.63) is 133 Å². The highest BCUT2D eigenvalue weighted by molar-refractivity contribution is 6.65. The molecular formula is C46H35B6NO3. The number of aromatic hydroxyl groups is 1. The molecule has 0 fully saturated rings. The van der Waals surface area contributed by atoms with Crippen LogP contribution in [-0.4, -0.2) is 52.2 Å². The zero-order valence-corrected chi connectivity index (χ0v) is 32.4. The molecule has 10 rings (SSSR count). The Morgan fingerprint density at radius 2 is 0.982 bits per heavy atom. The van der Waals surface area contributed by atoms with Crippen molar-refractivity contribution in [3.63, 3.8) is 0 Å². The van der Waals surface area contributed by atoms with Crippen molar-refractivity contribution in [2.24, 2.45) is 0 Å². The first-order valence-electron chi connectivity index (χ1n) is 19.2. The minimum absolute atomic E-state index is 0.219. The maximum atomic E-state index is 11.3. The lowest BCUT2D eigenvalue weighted by molar-refractivity contribution is 0.473. The van der Waals surface area contributed by atoms with Crippen molar-refractivity contribution in [3.8, 4) is 28.0 Å². The molecule has 0 radical (unpaired) electrons. The van der Waals surface area contributed by atoms with Gasteiger partial charge in [-0.15, -0.1) is 0 Å². The second-order valence-electron chi connectivity index (χ2n) is 15.2. The molecule has 0 aliphatic heterocycles. The van der Waals surface area contributed by atoms with Crippen LogP contribution in [0.15, 0.2) is 142 Å². The standard InChI is InChI=1S/C46H35B6NO3/c47-36-33(34-35-37(48)38(49)40(51)42(54)46(35)56-45(34)41(52)39(36)50)26-15-20-28(21-16-26)53(27-18-13-24(14-19-27)23-7-2-1-3-8-23)32-12-6-11-30-31-22-17-25-9-4-5-10-29(25)43(31)55-44(30)32/h1-22,54H,47-52H2. The smallest absolute Gasteiger partial charge is 0.175 e. The molecule has 0 saturated carbocycles. The molecular weight excluding hydrogens is 679 g/mol. The number of fused-ring (bicyclic) bond motifs is 8. The van der Waals surface area contributed by atoms with Crippen LogP contribution in [0.2, 0.25) is 0 Å². The fourth-order valence-corrected chi connectivity index (χ4v) is 8.79. The van der Waals surface area contributed by atoms with Crippen LogP contribution in [-0.2, 0) is 0 Å². The van der Waals surface area contributed by atoms with Crippen molar-refractivity contribution < 1.29 is 13.9 Å². The molecule has 4 nitrogen and oxygen atoms in total. The molecule has 8 aromatic carbocycles. The molecule has 10 heteroatoms. The molecule has 1 N–H and O–H groups in total. The highest BCUT2D eigenvalue weighted by Crippen LogP contribution is 2.44. The second-order valence-corrected chi connectivity index (χ2v) is 15.2. The minimum atomic E-state index is 0.219. The van der Waals surface area contributed by atoms with E-state index in [1.807, 2.05) is 13.9 Å². The molecule has 2 heterocycles. The first-order valence-corrected chi connectivity index (χ1v) is 19.2. The van der Waals surface area contributed by atoms with Gasteiger partial charge < -0.3 is 18.8 Å². The zero-order chi connectivity index (χ0) is 38.4. The van der Waals surface area contributed by atoms with Gasteiger partial charge in [-0.2, -0.15) is 0 Å². The van der Waals surface area contributed by atoms with Crippen molar-refractivity contribution >= 4 is 152 Å². The molecule has 0 spiro atoms. The average Bonchev–Trinajstić information content (AvgIpc) is 3.83. The quantitative estimate of drug-likeness (QED) is 0.279. The first kappa shape index (κ1) is 34.1. The van der Waals surface area contributed by atoms with E-state index < -0.39 is 0 Å². The lowest BCUT2D eigenvalue weighted by Crippen LogP contribution is -2.41. The number of phenolic OH excluding ortho intramolecular Hbond substituents is 1. The second kappa shape index (κ2) is 12.8. The third-order valence-electron chi connectivity index (χ3n) is 12.3. The molecule has 0 aliphatic rings.